The molecule has 0 aliphatic carbocycles. The van der Waals surface area contributed by atoms with Crippen molar-refractivity contribution in [2.24, 2.45) is 11.0 Å². The topological polar surface area (TPSA) is 127 Å². The highest BCUT2D eigenvalue weighted by molar-refractivity contribution is 7.80. The van der Waals surface area contributed by atoms with E-state index < -0.39 is 6.23 Å². The van der Waals surface area contributed by atoms with Crippen molar-refractivity contribution in [2.75, 3.05) is 52.7 Å². The first kappa shape index (κ1) is 30.0. The number of nitrogens with zero attached hydrogens (tertiary/aromatic N) is 3. The number of ether oxygens (including phenoxy) is 4. The van der Waals surface area contributed by atoms with Gasteiger partial charge in [0.05, 0.1) is 26.4 Å². The van der Waals surface area contributed by atoms with E-state index in [2.05, 4.69) is 47.1 Å². The number of carbonyl (C=O) groups is 1. The maximum atomic E-state index is 12.3. The number of hydrogen-bond acceptors (Lipinski definition) is 8. The van der Waals surface area contributed by atoms with E-state index in [1.54, 1.807) is 24.3 Å². The molecule has 0 fully saturated rings. The SMILES string of the molecule is CC(C)CCCOCCOCCOC(COc1cccc(C(=O)NCCNC(C)S)c1)N=[N+]=[N-]. The number of hydrogen-bond donors (Lipinski definition) is 3. The average molecular weight is 498 g/mol. The van der Waals surface area contributed by atoms with Gasteiger partial charge in [-0.2, -0.15) is 12.6 Å². The van der Waals surface area contributed by atoms with Gasteiger partial charge in [-0.05, 0) is 49.4 Å². The van der Waals surface area contributed by atoms with E-state index in [0.717, 1.165) is 19.4 Å². The lowest BCUT2D eigenvalue weighted by Gasteiger charge is -2.15. The van der Waals surface area contributed by atoms with E-state index in [4.69, 9.17) is 24.5 Å². The number of nitrogens with one attached hydrogen (secondary N) is 2. The molecule has 34 heavy (non-hydrogen) atoms. The van der Waals surface area contributed by atoms with Crippen molar-refractivity contribution >= 4 is 18.5 Å². The van der Waals surface area contributed by atoms with Crippen LogP contribution in [0.2, 0.25) is 0 Å². The Hall–Kier alpha value is -2.01. The molecule has 0 aliphatic rings. The summed E-state index contributed by atoms with van der Waals surface area (Å²) in [6, 6.07) is 6.77. The maximum absolute atomic E-state index is 12.3. The smallest absolute Gasteiger partial charge is 0.251 e. The van der Waals surface area contributed by atoms with Crippen LogP contribution in [0.15, 0.2) is 29.4 Å². The Balaban J connectivity index is 2.27. The number of azide groups is 1. The third kappa shape index (κ3) is 15.8. The molecule has 0 aromatic heterocycles. The Morgan fingerprint density at radius 1 is 1.12 bits per heavy atom. The molecule has 0 spiro atoms. The number of carbonyl (C=O) groups excluding carboxylic acids is 1. The third-order valence-corrected chi connectivity index (χ3v) is 4.68. The predicted molar refractivity (Wildman–Crippen MR) is 135 cm³/mol. The standard InChI is InChI=1S/C23H39N5O5S/c1-18(2)6-5-11-30-12-13-31-14-15-32-22(27-28-24)17-33-21-8-4-7-20(16-21)23(29)26-10-9-25-19(3)34/h4,7-8,16,18-19,22,25,34H,5-6,9-15,17H2,1-3H3,(H,26,29). The zero-order chi connectivity index (χ0) is 25.0. The van der Waals surface area contributed by atoms with Crippen LogP contribution in [0.5, 0.6) is 5.75 Å². The zero-order valence-corrected chi connectivity index (χ0v) is 21.3. The fourth-order valence-electron chi connectivity index (χ4n) is 2.78. The van der Waals surface area contributed by atoms with Crippen LogP contribution in [-0.2, 0) is 14.2 Å². The van der Waals surface area contributed by atoms with Crippen molar-refractivity contribution in [3.8, 4) is 5.75 Å². The van der Waals surface area contributed by atoms with Crippen molar-refractivity contribution in [2.45, 2.75) is 45.2 Å². The van der Waals surface area contributed by atoms with Gasteiger partial charge < -0.3 is 29.6 Å². The van der Waals surface area contributed by atoms with E-state index in [-0.39, 0.29) is 24.5 Å². The minimum Gasteiger partial charge on any atom is -0.491 e. The second kappa shape index (κ2) is 19.3. The molecular weight excluding hydrogens is 458 g/mol. The molecule has 0 radical (unpaired) electrons. The molecule has 1 rings (SSSR count). The molecule has 1 aromatic carbocycles. The fourth-order valence-corrected chi connectivity index (χ4v) is 2.91. The van der Waals surface area contributed by atoms with Gasteiger partial charge in [-0.1, -0.05) is 25.0 Å². The number of rotatable bonds is 20. The van der Waals surface area contributed by atoms with E-state index in [0.29, 0.717) is 50.1 Å². The summed E-state index contributed by atoms with van der Waals surface area (Å²) in [6.45, 7) is 9.77. The van der Waals surface area contributed by atoms with Crippen LogP contribution in [0, 0.1) is 5.92 Å². The van der Waals surface area contributed by atoms with Crippen molar-refractivity contribution in [1.29, 1.82) is 0 Å². The Labute approximate surface area is 208 Å². The quantitative estimate of drug-likeness (QED) is 0.0628. The molecule has 1 aromatic rings. The van der Waals surface area contributed by atoms with Crippen molar-refractivity contribution in [3.05, 3.63) is 40.3 Å². The Kier molecular flexibility index (Phi) is 17.1. The fraction of sp³-hybridized carbons (Fsp3) is 0.696. The molecule has 0 saturated carbocycles. The molecule has 2 unspecified atom stereocenters. The highest BCUT2D eigenvalue weighted by Gasteiger charge is 2.10. The largest absolute Gasteiger partial charge is 0.491 e. The number of amides is 1. The molecule has 0 saturated heterocycles. The molecular formula is C23H39N5O5S. The van der Waals surface area contributed by atoms with Crippen LogP contribution in [0.1, 0.15) is 44.0 Å². The van der Waals surface area contributed by atoms with Crippen LogP contribution in [0.3, 0.4) is 0 Å². The molecule has 192 valence electrons. The van der Waals surface area contributed by atoms with Crippen molar-refractivity contribution in [1.82, 2.24) is 10.6 Å². The molecule has 1 amide bonds. The maximum Gasteiger partial charge on any atom is 0.251 e. The van der Waals surface area contributed by atoms with Crippen LogP contribution in [0.4, 0.5) is 0 Å². The van der Waals surface area contributed by atoms with Gasteiger partial charge in [-0.15, -0.1) is 0 Å². The number of benzene rings is 1. The Morgan fingerprint density at radius 2 is 1.85 bits per heavy atom. The highest BCUT2D eigenvalue weighted by Crippen LogP contribution is 2.14. The summed E-state index contributed by atoms with van der Waals surface area (Å²) in [5, 5.41) is 9.59. The van der Waals surface area contributed by atoms with Crippen molar-refractivity contribution < 1.29 is 23.7 Å². The first-order valence-corrected chi connectivity index (χ1v) is 12.2. The van der Waals surface area contributed by atoms with Gasteiger partial charge in [0.15, 0.2) is 6.23 Å². The monoisotopic (exact) mass is 497 g/mol. The van der Waals surface area contributed by atoms with E-state index in [1.807, 2.05) is 6.92 Å². The summed E-state index contributed by atoms with van der Waals surface area (Å²) in [5.41, 5.74) is 9.25. The summed E-state index contributed by atoms with van der Waals surface area (Å²) in [5.74, 6) is 0.957. The molecule has 2 atom stereocenters. The first-order chi connectivity index (χ1) is 16.4. The highest BCUT2D eigenvalue weighted by atomic mass is 32.1. The zero-order valence-electron chi connectivity index (χ0n) is 20.4. The second-order valence-electron chi connectivity index (χ2n) is 8.02. The molecule has 0 aliphatic heterocycles. The minimum atomic E-state index is -0.812. The summed E-state index contributed by atoms with van der Waals surface area (Å²) in [4.78, 5) is 15.1. The lowest BCUT2D eigenvalue weighted by molar-refractivity contribution is -0.0225. The third-order valence-electron chi connectivity index (χ3n) is 4.50. The summed E-state index contributed by atoms with van der Waals surface area (Å²) in [7, 11) is 0. The summed E-state index contributed by atoms with van der Waals surface area (Å²) < 4.78 is 22.2. The van der Waals surface area contributed by atoms with Crippen LogP contribution < -0.4 is 15.4 Å². The molecule has 0 heterocycles. The lowest BCUT2D eigenvalue weighted by Crippen LogP contribution is -2.33. The first-order valence-electron chi connectivity index (χ1n) is 11.7. The van der Waals surface area contributed by atoms with Crippen LogP contribution >= 0.6 is 12.6 Å². The van der Waals surface area contributed by atoms with E-state index in [9.17, 15) is 4.79 Å². The Bertz CT molecular complexity index is 731. The lowest BCUT2D eigenvalue weighted by atomic mass is 10.1. The van der Waals surface area contributed by atoms with Crippen LogP contribution in [-0.4, -0.2) is 70.2 Å². The summed E-state index contributed by atoms with van der Waals surface area (Å²) >= 11 is 4.22. The normalized spacial score (nSPS) is 12.7. The van der Waals surface area contributed by atoms with Gasteiger partial charge in [0.1, 0.15) is 12.4 Å². The Morgan fingerprint density at radius 3 is 2.56 bits per heavy atom. The molecule has 11 heteroatoms. The van der Waals surface area contributed by atoms with E-state index >= 15 is 0 Å². The minimum absolute atomic E-state index is 0.0118. The average Bonchev–Trinajstić information content (AvgIpc) is 2.81. The van der Waals surface area contributed by atoms with Crippen LogP contribution in [0.25, 0.3) is 10.4 Å². The molecule has 0 bridgehead atoms. The van der Waals surface area contributed by atoms with Crippen molar-refractivity contribution in [3.63, 3.8) is 0 Å². The van der Waals surface area contributed by atoms with Gasteiger partial charge in [-0.3, -0.25) is 4.79 Å². The molecule has 2 N–H and O–H groups in total. The van der Waals surface area contributed by atoms with Gasteiger partial charge in [0.25, 0.3) is 5.91 Å². The second-order valence-corrected chi connectivity index (χ2v) is 8.79. The van der Waals surface area contributed by atoms with Gasteiger partial charge in [0.2, 0.25) is 0 Å². The van der Waals surface area contributed by atoms with Gasteiger partial charge in [-0.25, -0.2) is 0 Å². The van der Waals surface area contributed by atoms with Gasteiger partial charge in [0, 0.05) is 35.5 Å². The molecule has 10 nitrogen and oxygen atoms in total. The summed E-state index contributed by atoms with van der Waals surface area (Å²) in [6.07, 6.45) is 1.39. The number of thiol groups is 1. The predicted octanol–water partition coefficient (Wildman–Crippen LogP) is 3.78. The van der Waals surface area contributed by atoms with Gasteiger partial charge >= 0.3 is 0 Å². The van der Waals surface area contributed by atoms with E-state index in [1.165, 1.54) is 0 Å².